The van der Waals surface area contributed by atoms with Crippen molar-refractivity contribution < 1.29 is 0 Å². The number of fused-ring (bicyclic) bond motifs is 1. The average molecular weight is 698 g/mol. The molecule has 1 heterocycles. The van der Waals surface area contributed by atoms with E-state index in [1.54, 1.807) is 0 Å². The summed E-state index contributed by atoms with van der Waals surface area (Å²) in [5.41, 5.74) is 17.2. The number of hydrogen-bond acceptors (Lipinski definition) is 3. The Hall–Kier alpha value is -6.26. The molecule has 0 unspecified atom stereocenters. The van der Waals surface area contributed by atoms with E-state index in [9.17, 15) is 0 Å². The van der Waals surface area contributed by atoms with Crippen molar-refractivity contribution in [2.24, 2.45) is 0 Å². The van der Waals surface area contributed by atoms with E-state index >= 15 is 0 Å². The molecular formula is C50H44BN3. The lowest BCUT2D eigenvalue weighted by Gasteiger charge is -2.29. The molecule has 8 aromatic rings. The molecule has 4 heteroatoms. The summed E-state index contributed by atoms with van der Waals surface area (Å²) in [7, 11) is 0. The molecule has 0 radical (unpaired) electrons. The van der Waals surface area contributed by atoms with Crippen molar-refractivity contribution in [2.75, 3.05) is 4.90 Å². The topological polar surface area (TPSA) is 29.0 Å². The van der Waals surface area contributed by atoms with Gasteiger partial charge in [0.2, 0.25) is 6.71 Å². The lowest BCUT2D eigenvalue weighted by molar-refractivity contribution is 1.12. The molecule has 0 N–H and O–H groups in total. The zero-order valence-electron chi connectivity index (χ0n) is 31.9. The number of hydrogen-bond donors (Lipinski definition) is 0. The summed E-state index contributed by atoms with van der Waals surface area (Å²) < 4.78 is 0. The molecule has 262 valence electrons. The SMILES string of the molecule is Cc1cc(C)c(B(c2ccc(N(c3ccnc(-c4ccccc4)n3)c3cc4ccccc4cc3-c3ccccc3)cc2)c2c(C)cc(C)cc2C)c(C)c1. The first-order chi connectivity index (χ1) is 26.2. The van der Waals surface area contributed by atoms with Crippen LogP contribution in [0.4, 0.5) is 17.2 Å². The highest BCUT2D eigenvalue weighted by atomic mass is 15.2. The first-order valence-electron chi connectivity index (χ1n) is 18.8. The van der Waals surface area contributed by atoms with Crippen LogP contribution < -0.4 is 21.3 Å². The minimum Gasteiger partial charge on any atom is -0.294 e. The summed E-state index contributed by atoms with van der Waals surface area (Å²) in [4.78, 5) is 12.3. The van der Waals surface area contributed by atoms with Crippen molar-refractivity contribution in [3.63, 3.8) is 0 Å². The van der Waals surface area contributed by atoms with Gasteiger partial charge in [-0.25, -0.2) is 9.97 Å². The molecule has 0 bridgehead atoms. The van der Waals surface area contributed by atoms with Crippen LogP contribution in [0, 0.1) is 41.5 Å². The maximum atomic E-state index is 5.24. The number of aromatic nitrogens is 2. The van der Waals surface area contributed by atoms with E-state index in [4.69, 9.17) is 9.97 Å². The van der Waals surface area contributed by atoms with Crippen LogP contribution >= 0.6 is 0 Å². The van der Waals surface area contributed by atoms with E-state index < -0.39 is 0 Å². The second-order valence-electron chi connectivity index (χ2n) is 14.7. The zero-order chi connectivity index (χ0) is 37.3. The molecule has 54 heavy (non-hydrogen) atoms. The number of rotatable bonds is 8. The fourth-order valence-corrected chi connectivity index (χ4v) is 8.44. The Morgan fingerprint density at radius 2 is 0.981 bits per heavy atom. The van der Waals surface area contributed by atoms with Gasteiger partial charge in [-0.15, -0.1) is 0 Å². The highest BCUT2D eigenvalue weighted by molar-refractivity contribution is 6.96. The van der Waals surface area contributed by atoms with Gasteiger partial charge >= 0.3 is 0 Å². The predicted molar refractivity (Wildman–Crippen MR) is 231 cm³/mol. The Morgan fingerprint density at radius 3 is 1.54 bits per heavy atom. The second kappa shape index (κ2) is 14.6. The van der Waals surface area contributed by atoms with E-state index in [0.29, 0.717) is 5.82 Å². The van der Waals surface area contributed by atoms with Gasteiger partial charge in [0.1, 0.15) is 5.82 Å². The Morgan fingerprint density at radius 1 is 0.481 bits per heavy atom. The van der Waals surface area contributed by atoms with E-state index in [0.717, 1.165) is 33.9 Å². The van der Waals surface area contributed by atoms with Crippen molar-refractivity contribution in [3.05, 3.63) is 191 Å². The van der Waals surface area contributed by atoms with Gasteiger partial charge in [0.15, 0.2) is 5.82 Å². The molecule has 8 rings (SSSR count). The van der Waals surface area contributed by atoms with Gasteiger partial charge in [-0.2, -0.15) is 0 Å². The van der Waals surface area contributed by atoms with Gasteiger partial charge in [0, 0.05) is 23.0 Å². The highest BCUT2D eigenvalue weighted by Gasteiger charge is 2.29. The summed E-state index contributed by atoms with van der Waals surface area (Å²) >= 11 is 0. The van der Waals surface area contributed by atoms with Gasteiger partial charge in [0.05, 0.1) is 5.69 Å². The average Bonchev–Trinajstić information content (AvgIpc) is 3.17. The van der Waals surface area contributed by atoms with E-state index in [-0.39, 0.29) is 6.71 Å². The van der Waals surface area contributed by atoms with E-state index in [1.807, 2.05) is 30.5 Å². The van der Waals surface area contributed by atoms with Crippen LogP contribution in [-0.2, 0) is 0 Å². The quantitative estimate of drug-likeness (QED) is 0.148. The number of nitrogens with zero attached hydrogens (tertiary/aromatic N) is 3. The summed E-state index contributed by atoms with van der Waals surface area (Å²) in [6.07, 6.45) is 1.87. The van der Waals surface area contributed by atoms with Crippen LogP contribution in [0.25, 0.3) is 33.3 Å². The Kier molecular flexibility index (Phi) is 9.44. The first kappa shape index (κ1) is 34.8. The molecule has 0 aliphatic rings. The smallest absolute Gasteiger partial charge is 0.242 e. The molecule has 0 saturated heterocycles. The Bertz CT molecular complexity index is 2510. The zero-order valence-corrected chi connectivity index (χ0v) is 31.9. The maximum absolute atomic E-state index is 5.24. The fraction of sp³-hybridized carbons (Fsp3) is 0.120. The molecule has 0 saturated carbocycles. The second-order valence-corrected chi connectivity index (χ2v) is 14.7. The van der Waals surface area contributed by atoms with Crippen LogP contribution in [0.2, 0.25) is 0 Å². The van der Waals surface area contributed by atoms with Crippen LogP contribution in [0.3, 0.4) is 0 Å². The number of anilines is 3. The van der Waals surface area contributed by atoms with Crippen molar-refractivity contribution in [1.82, 2.24) is 9.97 Å². The van der Waals surface area contributed by atoms with Gasteiger partial charge in [-0.3, -0.25) is 4.90 Å². The van der Waals surface area contributed by atoms with Crippen molar-refractivity contribution in [2.45, 2.75) is 41.5 Å². The number of benzene rings is 7. The van der Waals surface area contributed by atoms with Crippen molar-refractivity contribution >= 4 is 51.1 Å². The minimum absolute atomic E-state index is 0.0815. The molecule has 1 aromatic heterocycles. The summed E-state index contributed by atoms with van der Waals surface area (Å²) in [5, 5.41) is 2.36. The van der Waals surface area contributed by atoms with Gasteiger partial charge in [-0.05, 0) is 88.2 Å². The van der Waals surface area contributed by atoms with Gasteiger partial charge in [-0.1, -0.05) is 171 Å². The summed E-state index contributed by atoms with van der Waals surface area (Å²) in [6, 6.07) is 54.6. The van der Waals surface area contributed by atoms with E-state index in [1.165, 1.54) is 60.5 Å². The van der Waals surface area contributed by atoms with Crippen LogP contribution in [0.15, 0.2) is 158 Å². The van der Waals surface area contributed by atoms with Crippen LogP contribution in [0.5, 0.6) is 0 Å². The molecule has 0 aliphatic carbocycles. The minimum atomic E-state index is 0.0815. The van der Waals surface area contributed by atoms with E-state index in [2.05, 4.69) is 174 Å². The largest absolute Gasteiger partial charge is 0.294 e. The highest BCUT2D eigenvalue weighted by Crippen LogP contribution is 2.42. The van der Waals surface area contributed by atoms with Gasteiger partial charge < -0.3 is 0 Å². The van der Waals surface area contributed by atoms with Gasteiger partial charge in [0.25, 0.3) is 0 Å². The van der Waals surface area contributed by atoms with Crippen LogP contribution in [0.1, 0.15) is 33.4 Å². The third-order valence-electron chi connectivity index (χ3n) is 10.6. The third kappa shape index (κ3) is 6.72. The molecule has 0 fully saturated rings. The standard InChI is InChI=1S/C50H44BN3/c1-33-27-35(3)48(36(4)28-33)51(49-37(5)29-34(2)30-38(49)6)43-21-23-44(24-22-43)54(47-25-26-52-50(53-47)40-17-11-8-12-18-40)46-32-42-20-14-13-19-41(42)31-45(46)39-15-9-7-10-16-39/h7-32H,1-6H3. The maximum Gasteiger partial charge on any atom is 0.242 e. The fourth-order valence-electron chi connectivity index (χ4n) is 8.44. The predicted octanol–water partition coefficient (Wildman–Crippen LogP) is 10.8. The Balaban J connectivity index is 1.35. The monoisotopic (exact) mass is 697 g/mol. The molecule has 0 atom stereocenters. The summed E-state index contributed by atoms with van der Waals surface area (Å²) in [6.45, 7) is 13.5. The normalized spacial score (nSPS) is 11.1. The Labute approximate surface area is 320 Å². The van der Waals surface area contributed by atoms with Crippen molar-refractivity contribution in [3.8, 4) is 22.5 Å². The number of aryl methyl sites for hydroxylation is 6. The molecule has 3 nitrogen and oxygen atoms in total. The molecule has 7 aromatic carbocycles. The summed E-state index contributed by atoms with van der Waals surface area (Å²) in [5.74, 6) is 1.49. The first-order valence-corrected chi connectivity index (χ1v) is 18.8. The molecular weight excluding hydrogens is 653 g/mol. The molecule has 0 aliphatic heterocycles. The third-order valence-corrected chi connectivity index (χ3v) is 10.6. The molecule has 0 spiro atoms. The lowest BCUT2D eigenvalue weighted by atomic mass is 9.34. The van der Waals surface area contributed by atoms with Crippen molar-refractivity contribution in [1.29, 1.82) is 0 Å². The van der Waals surface area contributed by atoms with Crippen LogP contribution in [-0.4, -0.2) is 16.7 Å². The molecule has 0 amide bonds. The lowest BCUT2D eigenvalue weighted by Crippen LogP contribution is -2.55.